The Balaban J connectivity index is 1.42. The number of rotatable bonds is 7. The summed E-state index contributed by atoms with van der Waals surface area (Å²) >= 11 is 1.83. The lowest BCUT2D eigenvalue weighted by Gasteiger charge is -2.22. The first kappa shape index (κ1) is 23.7. The quantitative estimate of drug-likeness (QED) is 0.268. The van der Waals surface area contributed by atoms with Gasteiger partial charge in [0.2, 0.25) is 0 Å². The zero-order valence-corrected chi connectivity index (χ0v) is 20.6. The lowest BCUT2D eigenvalue weighted by Crippen LogP contribution is -2.17. The summed E-state index contributed by atoms with van der Waals surface area (Å²) in [5.74, 6) is 0.0786. The molecule has 0 atom stereocenters. The number of aliphatic hydroxyl groups is 1. The molecular weight excluding hydrogens is 460 g/mol. The molecule has 5 heteroatoms. The lowest BCUT2D eigenvalue weighted by molar-refractivity contribution is 0.0758. The highest BCUT2D eigenvalue weighted by Gasteiger charge is 2.25. The van der Waals surface area contributed by atoms with Gasteiger partial charge in [0.15, 0.2) is 11.6 Å². The second kappa shape index (κ2) is 9.56. The first-order valence-corrected chi connectivity index (χ1v) is 12.8. The molecule has 0 bridgehead atoms. The Morgan fingerprint density at radius 2 is 1.74 bits per heavy atom. The number of halogens is 2. The number of thioether (sulfide) groups is 1. The highest BCUT2D eigenvalue weighted by Crippen LogP contribution is 2.39. The molecule has 3 aromatic carbocycles. The summed E-state index contributed by atoms with van der Waals surface area (Å²) in [5.41, 5.74) is 3.62. The molecule has 0 radical (unpaired) electrons. The number of benzene rings is 3. The van der Waals surface area contributed by atoms with Crippen molar-refractivity contribution < 1.29 is 13.9 Å². The molecule has 1 heterocycles. The fraction of sp³-hybridized carbons (Fsp3) is 0.233. The third-order valence-electron chi connectivity index (χ3n) is 6.25. The van der Waals surface area contributed by atoms with Gasteiger partial charge in [-0.1, -0.05) is 36.4 Å². The summed E-state index contributed by atoms with van der Waals surface area (Å²) in [6.07, 6.45) is 6.32. The lowest BCUT2D eigenvalue weighted by atomic mass is 9.93. The predicted octanol–water partition coefficient (Wildman–Crippen LogP) is 8.08. The Morgan fingerprint density at radius 3 is 2.51 bits per heavy atom. The highest BCUT2D eigenvalue weighted by atomic mass is 32.2. The molecule has 4 aromatic rings. The summed E-state index contributed by atoms with van der Waals surface area (Å²) in [4.78, 5) is 5.42. The molecule has 1 N–H and O–H groups in total. The van der Waals surface area contributed by atoms with Crippen LogP contribution in [0.5, 0.6) is 0 Å². The number of nitrogens with zero attached hydrogens (tertiary/aromatic N) is 1. The van der Waals surface area contributed by atoms with E-state index in [0.717, 1.165) is 44.9 Å². The van der Waals surface area contributed by atoms with Gasteiger partial charge in [-0.05, 0) is 97.3 Å². The maximum atomic E-state index is 14.1. The van der Waals surface area contributed by atoms with E-state index >= 15 is 0 Å². The summed E-state index contributed by atoms with van der Waals surface area (Å²) in [5, 5.41) is 11.4. The van der Waals surface area contributed by atoms with E-state index in [0.29, 0.717) is 11.1 Å². The number of aromatic nitrogens is 1. The number of hydrogen-bond donors (Lipinski definition) is 1. The van der Waals surface area contributed by atoms with Crippen LogP contribution in [0.4, 0.5) is 8.78 Å². The smallest absolute Gasteiger partial charge is 0.185 e. The normalized spacial score (nSPS) is 14.2. The Morgan fingerprint density at radius 1 is 0.971 bits per heavy atom. The average Bonchev–Trinajstić information content (AvgIpc) is 3.68. The molecule has 2 nitrogen and oxygen atoms in total. The topological polar surface area (TPSA) is 33.1 Å². The minimum Gasteiger partial charge on any atom is -0.386 e. The van der Waals surface area contributed by atoms with Gasteiger partial charge in [-0.15, -0.1) is 11.8 Å². The van der Waals surface area contributed by atoms with Gasteiger partial charge in [0, 0.05) is 16.0 Å². The first-order chi connectivity index (χ1) is 16.8. The van der Waals surface area contributed by atoms with Crippen LogP contribution in [0.25, 0.3) is 34.2 Å². The third-order valence-corrected chi connectivity index (χ3v) is 7.56. The van der Waals surface area contributed by atoms with Crippen molar-refractivity contribution in [2.24, 2.45) is 5.92 Å². The van der Waals surface area contributed by atoms with Crippen LogP contribution in [0.15, 0.2) is 71.6 Å². The Hall–Kier alpha value is -3.02. The highest BCUT2D eigenvalue weighted by molar-refractivity contribution is 7.99. The van der Waals surface area contributed by atoms with E-state index < -0.39 is 17.2 Å². The monoisotopic (exact) mass is 487 g/mol. The maximum Gasteiger partial charge on any atom is 0.185 e. The Kier molecular flexibility index (Phi) is 6.47. The van der Waals surface area contributed by atoms with E-state index in [4.69, 9.17) is 0 Å². The molecule has 0 spiro atoms. The van der Waals surface area contributed by atoms with Crippen molar-refractivity contribution >= 4 is 34.8 Å². The predicted molar refractivity (Wildman–Crippen MR) is 141 cm³/mol. The number of fused-ring (bicyclic) bond motifs is 1. The van der Waals surface area contributed by atoms with Crippen molar-refractivity contribution in [3.63, 3.8) is 0 Å². The Labute approximate surface area is 208 Å². The second-order valence-corrected chi connectivity index (χ2v) is 10.7. The average molecular weight is 488 g/mol. The van der Waals surface area contributed by atoms with E-state index in [-0.39, 0.29) is 5.52 Å². The van der Waals surface area contributed by atoms with E-state index in [1.165, 1.54) is 18.9 Å². The molecule has 1 fully saturated rings. The second-order valence-electron chi connectivity index (χ2n) is 9.65. The van der Waals surface area contributed by atoms with Crippen LogP contribution >= 0.6 is 11.8 Å². The van der Waals surface area contributed by atoms with Gasteiger partial charge in [-0.2, -0.15) is 0 Å². The zero-order valence-electron chi connectivity index (χ0n) is 19.8. The van der Waals surface area contributed by atoms with Gasteiger partial charge in [0.05, 0.1) is 11.3 Å². The minimum atomic E-state index is -0.935. The van der Waals surface area contributed by atoms with Crippen LogP contribution in [0, 0.1) is 17.6 Å². The summed E-state index contributed by atoms with van der Waals surface area (Å²) in [6, 6.07) is 20.5. The molecule has 0 amide bonds. The molecule has 35 heavy (non-hydrogen) atoms. The van der Waals surface area contributed by atoms with Crippen molar-refractivity contribution in [2.45, 2.75) is 37.2 Å². The van der Waals surface area contributed by atoms with Gasteiger partial charge in [0.25, 0.3) is 0 Å². The van der Waals surface area contributed by atoms with Gasteiger partial charge in [-0.25, -0.2) is 13.8 Å². The van der Waals surface area contributed by atoms with E-state index in [2.05, 4.69) is 29.2 Å². The van der Waals surface area contributed by atoms with Crippen molar-refractivity contribution in [2.75, 3.05) is 5.75 Å². The molecule has 0 unspecified atom stereocenters. The molecule has 1 aromatic heterocycles. The van der Waals surface area contributed by atoms with Crippen LogP contribution < -0.4 is 0 Å². The summed E-state index contributed by atoms with van der Waals surface area (Å²) < 4.78 is 27.7. The van der Waals surface area contributed by atoms with E-state index in [1.807, 2.05) is 49.9 Å². The summed E-state index contributed by atoms with van der Waals surface area (Å²) in [6.45, 7) is 3.66. The SMILES string of the molecule is CC(C)(O)c1cc(-c2cccc(C=Cc3ccc4ccc(F)c(F)c4n3)c2)ccc1SCC1CC1. The zero-order chi connectivity index (χ0) is 24.6. The Bertz CT molecular complexity index is 1420. The molecule has 0 aliphatic heterocycles. The van der Waals surface area contributed by atoms with Crippen LogP contribution in [0.2, 0.25) is 0 Å². The van der Waals surface area contributed by atoms with Gasteiger partial charge in [-0.3, -0.25) is 0 Å². The van der Waals surface area contributed by atoms with Crippen LogP contribution in [-0.4, -0.2) is 15.8 Å². The standard InChI is InChI=1S/C30H27F2NOS/c1-30(2,34)25-17-23(11-15-27(25)35-18-20-6-7-20)22-5-3-4-19(16-22)8-12-24-13-9-21-10-14-26(31)28(32)29(21)33-24/h3-5,8-17,20,34H,6-7,18H2,1-2H3. The number of pyridine rings is 1. The molecule has 0 saturated heterocycles. The van der Waals surface area contributed by atoms with Crippen LogP contribution in [0.1, 0.15) is 43.5 Å². The molecule has 1 aliphatic rings. The summed E-state index contributed by atoms with van der Waals surface area (Å²) in [7, 11) is 0. The molecule has 178 valence electrons. The minimum absolute atomic E-state index is 0.0275. The van der Waals surface area contributed by atoms with Crippen molar-refractivity contribution in [3.05, 3.63) is 95.2 Å². The fourth-order valence-electron chi connectivity index (χ4n) is 4.05. The van der Waals surface area contributed by atoms with Crippen LogP contribution in [0.3, 0.4) is 0 Å². The van der Waals surface area contributed by atoms with Gasteiger partial charge in [0.1, 0.15) is 5.52 Å². The van der Waals surface area contributed by atoms with Crippen molar-refractivity contribution in [3.8, 4) is 11.1 Å². The van der Waals surface area contributed by atoms with E-state index in [1.54, 1.807) is 18.2 Å². The third kappa shape index (κ3) is 5.47. The molecule has 1 saturated carbocycles. The largest absolute Gasteiger partial charge is 0.386 e. The molecule has 1 aliphatic carbocycles. The first-order valence-electron chi connectivity index (χ1n) is 11.8. The molecule has 5 rings (SSSR count). The van der Waals surface area contributed by atoms with Crippen molar-refractivity contribution in [1.29, 1.82) is 0 Å². The van der Waals surface area contributed by atoms with Crippen LogP contribution in [-0.2, 0) is 5.60 Å². The number of hydrogen-bond acceptors (Lipinski definition) is 3. The van der Waals surface area contributed by atoms with E-state index in [9.17, 15) is 13.9 Å². The fourth-order valence-corrected chi connectivity index (χ4v) is 5.42. The maximum absolute atomic E-state index is 14.1. The van der Waals surface area contributed by atoms with Gasteiger partial charge < -0.3 is 5.11 Å². The molecular formula is C30H27F2NOS. The van der Waals surface area contributed by atoms with Gasteiger partial charge >= 0.3 is 0 Å². The van der Waals surface area contributed by atoms with Crippen molar-refractivity contribution in [1.82, 2.24) is 4.98 Å².